The number of aromatic amines is 1. The third kappa shape index (κ3) is 4.20. The van der Waals surface area contributed by atoms with E-state index in [1.165, 1.54) is 13.2 Å². The molecule has 2 aromatic carbocycles. The highest BCUT2D eigenvalue weighted by Gasteiger charge is 2.17. The molecule has 3 aromatic rings. The van der Waals surface area contributed by atoms with Crippen molar-refractivity contribution in [3.63, 3.8) is 0 Å². The molecule has 0 aliphatic heterocycles. The van der Waals surface area contributed by atoms with Crippen molar-refractivity contribution in [2.45, 2.75) is 13.8 Å². The first-order valence-corrected chi connectivity index (χ1v) is 8.70. The molecular weight excluding hydrogens is 368 g/mol. The summed E-state index contributed by atoms with van der Waals surface area (Å²) in [6.45, 7) is 4.28. The molecule has 0 radical (unpaired) electrons. The van der Waals surface area contributed by atoms with Crippen LogP contribution in [0.25, 0.3) is 11.4 Å². The number of ether oxygens (including phenoxy) is 2. The molecule has 0 aliphatic carbocycles. The van der Waals surface area contributed by atoms with E-state index >= 15 is 0 Å². The molecule has 3 rings (SSSR count). The monoisotopic (exact) mass is 386 g/mol. The second-order valence-electron chi connectivity index (χ2n) is 5.75. The molecule has 8 heteroatoms. The topological polar surface area (TPSA) is 89.1 Å². The lowest BCUT2D eigenvalue weighted by molar-refractivity contribution is 0.102. The molecule has 0 atom stereocenters. The normalized spacial score (nSPS) is 10.5. The van der Waals surface area contributed by atoms with E-state index in [1.807, 2.05) is 38.1 Å². The minimum Gasteiger partial charge on any atom is -0.493 e. The number of nitrogens with zero attached hydrogens (tertiary/aromatic N) is 2. The van der Waals surface area contributed by atoms with Crippen molar-refractivity contribution in [3.05, 3.63) is 52.5 Å². The number of carbonyl (C=O) groups is 1. The van der Waals surface area contributed by atoms with Crippen LogP contribution in [-0.4, -0.2) is 34.8 Å². The number of amides is 1. The summed E-state index contributed by atoms with van der Waals surface area (Å²) in [5.41, 5.74) is 2.33. The van der Waals surface area contributed by atoms with Gasteiger partial charge in [-0.2, -0.15) is 4.98 Å². The third-order valence-corrected chi connectivity index (χ3v) is 4.10. The summed E-state index contributed by atoms with van der Waals surface area (Å²) in [7, 11) is 1.49. The van der Waals surface area contributed by atoms with Crippen LogP contribution in [0.1, 0.15) is 22.8 Å². The average molecular weight is 387 g/mol. The fraction of sp³-hybridized carbons (Fsp3) is 0.211. The van der Waals surface area contributed by atoms with Crippen molar-refractivity contribution in [2.24, 2.45) is 0 Å². The first-order valence-electron chi connectivity index (χ1n) is 8.33. The Balaban J connectivity index is 1.79. The number of hydrogen-bond donors (Lipinski definition) is 2. The van der Waals surface area contributed by atoms with Crippen molar-refractivity contribution < 1.29 is 14.3 Å². The average Bonchev–Trinajstić information content (AvgIpc) is 3.12. The SMILES string of the molecule is CCOc1c(Cl)cc(C(=O)Nc2n[nH]c(-c3ccc(C)cc3)n2)cc1OC. The summed E-state index contributed by atoms with van der Waals surface area (Å²) in [6, 6.07) is 10.9. The van der Waals surface area contributed by atoms with Crippen LogP contribution in [0.4, 0.5) is 5.95 Å². The fourth-order valence-corrected chi connectivity index (χ4v) is 2.73. The maximum Gasteiger partial charge on any atom is 0.258 e. The van der Waals surface area contributed by atoms with Crippen LogP contribution in [0.2, 0.25) is 5.02 Å². The Bertz CT molecular complexity index is 954. The van der Waals surface area contributed by atoms with E-state index in [0.29, 0.717) is 29.5 Å². The van der Waals surface area contributed by atoms with Gasteiger partial charge in [0.25, 0.3) is 5.91 Å². The highest BCUT2D eigenvalue weighted by Crippen LogP contribution is 2.36. The number of nitrogens with one attached hydrogen (secondary N) is 2. The molecule has 27 heavy (non-hydrogen) atoms. The maximum atomic E-state index is 12.5. The quantitative estimate of drug-likeness (QED) is 0.665. The Morgan fingerprint density at radius 2 is 2.00 bits per heavy atom. The highest BCUT2D eigenvalue weighted by atomic mass is 35.5. The van der Waals surface area contributed by atoms with Gasteiger partial charge in [0.2, 0.25) is 5.95 Å². The minimum absolute atomic E-state index is 0.166. The number of methoxy groups -OCH3 is 1. The molecule has 0 unspecified atom stereocenters. The Kier molecular flexibility index (Phi) is 5.61. The van der Waals surface area contributed by atoms with Gasteiger partial charge in [-0.3, -0.25) is 15.2 Å². The standard InChI is InChI=1S/C19H19ClN4O3/c1-4-27-16-14(20)9-13(10-15(16)26-3)18(25)22-19-21-17(23-24-19)12-7-5-11(2)6-8-12/h5-10H,4H2,1-3H3,(H2,21,22,23,24,25). The van der Waals surface area contributed by atoms with Crippen LogP contribution in [0.15, 0.2) is 36.4 Å². The number of aryl methyl sites for hydroxylation is 1. The summed E-state index contributed by atoms with van der Waals surface area (Å²) >= 11 is 6.21. The first-order chi connectivity index (χ1) is 13.0. The van der Waals surface area contributed by atoms with E-state index in [0.717, 1.165) is 11.1 Å². The smallest absolute Gasteiger partial charge is 0.258 e. The van der Waals surface area contributed by atoms with E-state index in [4.69, 9.17) is 21.1 Å². The van der Waals surface area contributed by atoms with Crippen molar-refractivity contribution >= 4 is 23.5 Å². The van der Waals surface area contributed by atoms with Crippen LogP contribution >= 0.6 is 11.6 Å². The largest absolute Gasteiger partial charge is 0.493 e. The van der Waals surface area contributed by atoms with Gasteiger partial charge in [-0.25, -0.2) is 0 Å². The van der Waals surface area contributed by atoms with Gasteiger partial charge in [-0.15, -0.1) is 5.10 Å². The van der Waals surface area contributed by atoms with Gasteiger partial charge in [0.05, 0.1) is 18.7 Å². The lowest BCUT2D eigenvalue weighted by atomic mass is 10.1. The van der Waals surface area contributed by atoms with Gasteiger partial charge in [-0.05, 0) is 26.0 Å². The molecule has 0 saturated carbocycles. The van der Waals surface area contributed by atoms with Gasteiger partial charge in [-0.1, -0.05) is 41.4 Å². The molecule has 0 spiro atoms. The summed E-state index contributed by atoms with van der Waals surface area (Å²) in [5, 5.41) is 9.78. The van der Waals surface area contributed by atoms with Crippen molar-refractivity contribution in [1.82, 2.24) is 15.2 Å². The number of halogens is 1. The van der Waals surface area contributed by atoms with E-state index in [1.54, 1.807) is 6.07 Å². The number of benzene rings is 2. The highest BCUT2D eigenvalue weighted by molar-refractivity contribution is 6.32. The summed E-state index contributed by atoms with van der Waals surface area (Å²) < 4.78 is 10.7. The summed E-state index contributed by atoms with van der Waals surface area (Å²) in [4.78, 5) is 16.8. The van der Waals surface area contributed by atoms with Crippen LogP contribution in [-0.2, 0) is 0 Å². The summed E-state index contributed by atoms with van der Waals surface area (Å²) in [6.07, 6.45) is 0. The molecule has 0 saturated heterocycles. The molecule has 140 valence electrons. The van der Waals surface area contributed by atoms with E-state index < -0.39 is 5.91 Å². The number of carbonyl (C=O) groups excluding carboxylic acids is 1. The maximum absolute atomic E-state index is 12.5. The van der Waals surface area contributed by atoms with Crippen molar-refractivity contribution in [1.29, 1.82) is 0 Å². The molecular formula is C19H19ClN4O3. The summed E-state index contributed by atoms with van der Waals surface area (Å²) in [5.74, 6) is 1.10. The number of rotatable bonds is 6. The Morgan fingerprint density at radius 1 is 1.26 bits per heavy atom. The van der Waals surface area contributed by atoms with E-state index in [9.17, 15) is 4.79 Å². The third-order valence-electron chi connectivity index (χ3n) is 3.82. The Labute approximate surface area is 161 Å². The Hall–Kier alpha value is -3.06. The molecule has 2 N–H and O–H groups in total. The molecule has 1 heterocycles. The number of aromatic nitrogens is 3. The predicted octanol–water partition coefficient (Wildman–Crippen LogP) is 4.09. The van der Waals surface area contributed by atoms with Crippen LogP contribution in [0, 0.1) is 6.92 Å². The lowest BCUT2D eigenvalue weighted by Crippen LogP contribution is -2.13. The van der Waals surface area contributed by atoms with Crippen LogP contribution in [0.3, 0.4) is 0 Å². The molecule has 0 fully saturated rings. The van der Waals surface area contributed by atoms with Gasteiger partial charge in [0.15, 0.2) is 17.3 Å². The zero-order valence-corrected chi connectivity index (χ0v) is 15.9. The van der Waals surface area contributed by atoms with Gasteiger partial charge >= 0.3 is 0 Å². The van der Waals surface area contributed by atoms with Gasteiger partial charge in [0.1, 0.15) is 0 Å². The Morgan fingerprint density at radius 3 is 2.67 bits per heavy atom. The molecule has 0 aliphatic rings. The molecule has 1 amide bonds. The van der Waals surface area contributed by atoms with Gasteiger partial charge < -0.3 is 9.47 Å². The van der Waals surface area contributed by atoms with Crippen molar-refractivity contribution in [3.8, 4) is 22.9 Å². The van der Waals surface area contributed by atoms with Crippen LogP contribution in [0.5, 0.6) is 11.5 Å². The van der Waals surface area contributed by atoms with E-state index in [2.05, 4.69) is 20.5 Å². The molecule has 7 nitrogen and oxygen atoms in total. The number of hydrogen-bond acceptors (Lipinski definition) is 5. The zero-order chi connectivity index (χ0) is 19.4. The molecule has 0 bridgehead atoms. The zero-order valence-electron chi connectivity index (χ0n) is 15.2. The number of H-pyrrole nitrogens is 1. The van der Waals surface area contributed by atoms with Crippen LogP contribution < -0.4 is 14.8 Å². The fourth-order valence-electron chi connectivity index (χ4n) is 2.47. The predicted molar refractivity (Wildman–Crippen MR) is 104 cm³/mol. The minimum atomic E-state index is -0.410. The second kappa shape index (κ2) is 8.09. The second-order valence-corrected chi connectivity index (χ2v) is 6.16. The van der Waals surface area contributed by atoms with Crippen molar-refractivity contribution in [2.75, 3.05) is 19.0 Å². The lowest BCUT2D eigenvalue weighted by Gasteiger charge is -2.12. The van der Waals surface area contributed by atoms with Gasteiger partial charge in [0, 0.05) is 11.1 Å². The first kappa shape index (κ1) is 18.7. The molecule has 1 aromatic heterocycles. The number of anilines is 1. The van der Waals surface area contributed by atoms with E-state index in [-0.39, 0.29) is 11.0 Å².